The minimum Gasteiger partial charge on any atom is -0.379 e. The van der Waals surface area contributed by atoms with Crippen LogP contribution in [0.4, 0.5) is 0 Å². The first-order chi connectivity index (χ1) is 8.10. The second kappa shape index (κ2) is 10.0. The van der Waals surface area contributed by atoms with Gasteiger partial charge in [0.2, 0.25) is 0 Å². The molecule has 5 N–H and O–H groups in total. The second-order valence-corrected chi connectivity index (χ2v) is 5.88. The van der Waals surface area contributed by atoms with Gasteiger partial charge in [-0.3, -0.25) is 9.05 Å². The molecule has 1 atom stereocenters. The molecule has 0 rings (SSSR count). The van der Waals surface area contributed by atoms with E-state index in [2.05, 4.69) is 13.4 Å². The number of phosphoric ester groups is 1. The fourth-order valence-corrected chi connectivity index (χ4v) is 2.66. The third-order valence-electron chi connectivity index (χ3n) is 1.20. The van der Waals surface area contributed by atoms with Gasteiger partial charge in [0.25, 0.3) is 0 Å². The van der Waals surface area contributed by atoms with Crippen molar-refractivity contribution in [2.75, 3.05) is 13.2 Å². The van der Waals surface area contributed by atoms with Crippen molar-refractivity contribution in [3.05, 3.63) is 0 Å². The molecular weight excluding hydrogens is 288 g/mol. The fraction of sp³-hybridized carbons (Fsp3) is 1.00. The molecule has 18 heavy (non-hydrogen) atoms. The van der Waals surface area contributed by atoms with E-state index in [1.165, 1.54) is 13.8 Å². The van der Waals surface area contributed by atoms with Crippen molar-refractivity contribution >= 4 is 15.6 Å². The van der Waals surface area contributed by atoms with Gasteiger partial charge in [0.15, 0.2) is 0 Å². The molecule has 0 aliphatic heterocycles. The monoisotopic (exact) mass is 309 g/mol. The van der Waals surface area contributed by atoms with Crippen molar-refractivity contribution in [2.24, 2.45) is 5.73 Å². The molecule has 0 aromatic carbocycles. The van der Waals surface area contributed by atoms with Gasteiger partial charge in [-0.2, -0.15) is 4.31 Å². The highest BCUT2D eigenvalue weighted by Gasteiger charge is 2.34. The van der Waals surface area contributed by atoms with Crippen molar-refractivity contribution in [2.45, 2.75) is 33.4 Å². The zero-order valence-electron chi connectivity index (χ0n) is 10.6. The molecule has 0 amide bonds. The van der Waals surface area contributed by atoms with Crippen molar-refractivity contribution in [3.63, 3.8) is 0 Å². The first-order valence-electron chi connectivity index (χ1n) is 5.19. The number of hydrogen-bond donors (Lipinski definition) is 4. The highest BCUT2D eigenvalue weighted by molar-refractivity contribution is 7.61. The minimum absolute atomic E-state index is 0.0305. The van der Waals surface area contributed by atoms with Crippen LogP contribution in [0.5, 0.6) is 0 Å². The van der Waals surface area contributed by atoms with Gasteiger partial charge in [0.1, 0.15) is 6.23 Å². The lowest BCUT2D eigenvalue weighted by Crippen LogP contribution is -2.16. The Morgan fingerprint density at radius 2 is 1.44 bits per heavy atom. The molecule has 1 unspecified atom stereocenters. The summed E-state index contributed by atoms with van der Waals surface area (Å²) in [5.74, 6) is 0. The van der Waals surface area contributed by atoms with Gasteiger partial charge in [-0.05, 0) is 20.3 Å². The summed E-state index contributed by atoms with van der Waals surface area (Å²) in [6.07, 6.45) is 0.0231. The molecule has 0 saturated carbocycles. The number of aliphatic hydroxyl groups excluding tert-OH is 1. The summed E-state index contributed by atoms with van der Waals surface area (Å²) in [5, 5.41) is 8.14. The quantitative estimate of drug-likeness (QED) is 0.398. The molecular formula is C7H21NO8P2. The van der Waals surface area contributed by atoms with Crippen LogP contribution in [0.3, 0.4) is 0 Å². The fourth-order valence-electron chi connectivity index (χ4n) is 0.531. The molecule has 0 aliphatic rings. The van der Waals surface area contributed by atoms with Crippen LogP contribution < -0.4 is 5.73 Å². The Morgan fingerprint density at radius 3 is 1.61 bits per heavy atom. The van der Waals surface area contributed by atoms with Crippen LogP contribution in [0.1, 0.15) is 27.2 Å². The number of hydrogen-bond acceptors (Lipinski definition) is 7. The van der Waals surface area contributed by atoms with E-state index in [4.69, 9.17) is 20.6 Å². The Bertz CT molecular complexity index is 281. The normalized spacial score (nSPS) is 13.7. The first kappa shape index (κ1) is 20.5. The smallest absolute Gasteiger partial charge is 0.379 e. The summed E-state index contributed by atoms with van der Waals surface area (Å²) in [6, 6.07) is 0. The lowest BCUT2D eigenvalue weighted by Gasteiger charge is -2.15. The van der Waals surface area contributed by atoms with Crippen molar-refractivity contribution in [1.82, 2.24) is 0 Å². The topological polar surface area (TPSA) is 149 Å². The summed E-state index contributed by atoms with van der Waals surface area (Å²) >= 11 is 0. The van der Waals surface area contributed by atoms with E-state index in [-0.39, 0.29) is 13.2 Å². The minimum atomic E-state index is -4.86. The van der Waals surface area contributed by atoms with Crippen molar-refractivity contribution in [3.8, 4) is 0 Å². The predicted octanol–water partition coefficient (Wildman–Crippen LogP) is 0.950. The van der Waals surface area contributed by atoms with Gasteiger partial charge in [0, 0.05) is 0 Å². The molecule has 0 aromatic heterocycles. The summed E-state index contributed by atoms with van der Waals surface area (Å²) in [4.78, 5) is 16.7. The largest absolute Gasteiger partial charge is 0.483 e. The van der Waals surface area contributed by atoms with Crippen molar-refractivity contribution < 1.29 is 37.4 Å². The number of aliphatic hydroxyl groups is 1. The van der Waals surface area contributed by atoms with Crippen LogP contribution in [0.25, 0.3) is 0 Å². The van der Waals surface area contributed by atoms with Crippen LogP contribution in [0.15, 0.2) is 0 Å². The summed E-state index contributed by atoms with van der Waals surface area (Å²) in [7, 11) is -8.96. The molecule has 0 aliphatic carbocycles. The SMILES string of the molecule is CCC(N)O.CCOP(=O)(OCC)OP(=O)(O)O. The van der Waals surface area contributed by atoms with Crippen LogP contribution in [0, 0.1) is 0 Å². The van der Waals surface area contributed by atoms with Gasteiger partial charge in [-0.1, -0.05) is 6.92 Å². The van der Waals surface area contributed by atoms with Crippen LogP contribution in [-0.4, -0.2) is 34.3 Å². The Morgan fingerprint density at radius 1 is 1.11 bits per heavy atom. The third kappa shape index (κ3) is 14.2. The van der Waals surface area contributed by atoms with E-state index in [0.717, 1.165) is 0 Å². The molecule has 9 nitrogen and oxygen atoms in total. The lowest BCUT2D eigenvalue weighted by molar-refractivity contribution is 0.149. The van der Waals surface area contributed by atoms with Crippen LogP contribution in [0.2, 0.25) is 0 Å². The highest BCUT2D eigenvalue weighted by Crippen LogP contribution is 2.60. The molecule has 112 valence electrons. The second-order valence-electron chi connectivity index (χ2n) is 2.83. The van der Waals surface area contributed by atoms with Gasteiger partial charge < -0.3 is 20.6 Å². The third-order valence-corrected chi connectivity index (χ3v) is 4.00. The van der Waals surface area contributed by atoms with E-state index in [9.17, 15) is 9.13 Å². The summed E-state index contributed by atoms with van der Waals surface area (Å²) in [6.45, 7) is 4.75. The van der Waals surface area contributed by atoms with E-state index in [0.29, 0.717) is 6.42 Å². The molecule has 0 saturated heterocycles. The maximum absolute atomic E-state index is 11.3. The van der Waals surface area contributed by atoms with E-state index >= 15 is 0 Å². The number of rotatable bonds is 7. The first-order valence-corrected chi connectivity index (χ1v) is 8.18. The van der Waals surface area contributed by atoms with E-state index < -0.39 is 21.9 Å². The molecule has 0 spiro atoms. The number of nitrogens with two attached hydrogens (primary N) is 1. The van der Waals surface area contributed by atoms with Crippen molar-refractivity contribution in [1.29, 1.82) is 0 Å². The molecule has 11 heteroatoms. The highest BCUT2D eigenvalue weighted by atomic mass is 31.3. The van der Waals surface area contributed by atoms with E-state index in [1.807, 2.05) is 6.92 Å². The zero-order chi connectivity index (χ0) is 14.8. The average Bonchev–Trinajstić information content (AvgIpc) is 2.15. The van der Waals surface area contributed by atoms with E-state index in [1.54, 1.807) is 0 Å². The average molecular weight is 309 g/mol. The maximum Gasteiger partial charge on any atom is 0.483 e. The van der Waals surface area contributed by atoms with Gasteiger partial charge in [0.05, 0.1) is 13.2 Å². The Hall–Kier alpha value is 0.180. The zero-order valence-corrected chi connectivity index (χ0v) is 12.3. The number of phosphoric acid groups is 2. The molecule has 0 aromatic rings. The van der Waals surface area contributed by atoms with Gasteiger partial charge >= 0.3 is 15.6 Å². The van der Waals surface area contributed by atoms with Gasteiger partial charge in [-0.25, -0.2) is 9.13 Å². The lowest BCUT2D eigenvalue weighted by atomic mass is 10.5. The molecule has 0 radical (unpaired) electrons. The van der Waals surface area contributed by atoms with Crippen LogP contribution >= 0.6 is 15.6 Å². The molecule has 0 heterocycles. The summed E-state index contributed by atoms with van der Waals surface area (Å²) in [5.41, 5.74) is 4.85. The molecule has 0 fully saturated rings. The summed E-state index contributed by atoms with van der Waals surface area (Å²) < 4.78 is 34.4. The van der Waals surface area contributed by atoms with Crippen LogP contribution in [-0.2, 0) is 22.5 Å². The molecule has 0 bridgehead atoms. The Kier molecular flexibility index (Phi) is 11.4. The predicted molar refractivity (Wildman–Crippen MR) is 64.5 cm³/mol. The standard InChI is InChI=1S/C4H12O7P2.C3H9NO/c1-3-9-13(8,10-4-2)11-12(5,6)7;1-2-3(4)5/h3-4H2,1-2H3,(H2,5,6,7);3,5H,2,4H2,1H3. The maximum atomic E-state index is 11.3. The Labute approximate surface area is 106 Å². The van der Waals surface area contributed by atoms with Gasteiger partial charge in [-0.15, -0.1) is 0 Å². The Balaban J connectivity index is 0.